The number of urea groups is 1. The van der Waals surface area contributed by atoms with E-state index in [2.05, 4.69) is 20.4 Å². The lowest BCUT2D eigenvalue weighted by Gasteiger charge is -2.09. The second kappa shape index (κ2) is 7.23. The normalized spacial score (nSPS) is 11.2. The molecule has 9 heteroatoms. The molecular formula is C13H12F3N3O2S. The van der Waals surface area contributed by atoms with Crippen LogP contribution in [-0.2, 0) is 11.3 Å². The molecule has 22 heavy (non-hydrogen) atoms. The SMILES string of the molecule is O=C(Nc1ccc(COCC(F)(F)F)cc1)Nc1nccs1. The average Bonchev–Trinajstić information content (AvgIpc) is 2.92. The van der Waals surface area contributed by atoms with Crippen molar-refractivity contribution < 1.29 is 22.7 Å². The van der Waals surface area contributed by atoms with Crippen molar-refractivity contribution in [3.8, 4) is 0 Å². The standard InChI is InChI=1S/C13H12F3N3O2S/c14-13(15,16)8-21-7-9-1-3-10(4-2-9)18-11(20)19-12-17-5-6-22-12/h1-6H,7-8H2,(H2,17,18,19,20). The molecule has 2 N–H and O–H groups in total. The number of aromatic nitrogens is 1. The van der Waals surface area contributed by atoms with Crippen LogP contribution in [0, 0.1) is 0 Å². The lowest BCUT2D eigenvalue weighted by molar-refractivity contribution is -0.176. The van der Waals surface area contributed by atoms with Gasteiger partial charge in [-0.05, 0) is 17.7 Å². The summed E-state index contributed by atoms with van der Waals surface area (Å²) in [6.45, 7) is -1.44. The first-order valence-electron chi connectivity index (χ1n) is 6.13. The number of carbonyl (C=O) groups excluding carboxylic acids is 1. The lowest BCUT2D eigenvalue weighted by Crippen LogP contribution is -2.19. The van der Waals surface area contributed by atoms with Gasteiger partial charge in [-0.25, -0.2) is 9.78 Å². The van der Waals surface area contributed by atoms with Crippen LogP contribution in [0.2, 0.25) is 0 Å². The molecule has 0 aliphatic heterocycles. The zero-order valence-corrected chi connectivity index (χ0v) is 12.0. The number of carbonyl (C=O) groups is 1. The van der Waals surface area contributed by atoms with Crippen molar-refractivity contribution in [2.24, 2.45) is 0 Å². The fourth-order valence-corrected chi connectivity index (χ4v) is 2.04. The Hall–Kier alpha value is -2.13. The van der Waals surface area contributed by atoms with Crippen LogP contribution in [0.15, 0.2) is 35.8 Å². The summed E-state index contributed by atoms with van der Waals surface area (Å²) in [5.74, 6) is 0. The molecule has 1 aromatic carbocycles. The van der Waals surface area contributed by atoms with Gasteiger partial charge in [-0.1, -0.05) is 12.1 Å². The summed E-state index contributed by atoms with van der Waals surface area (Å²) < 4.78 is 40.4. The number of alkyl halides is 3. The van der Waals surface area contributed by atoms with Crippen molar-refractivity contribution in [2.75, 3.05) is 17.2 Å². The molecule has 2 amide bonds. The number of thiazole rings is 1. The highest BCUT2D eigenvalue weighted by molar-refractivity contribution is 7.13. The Morgan fingerprint density at radius 2 is 1.95 bits per heavy atom. The van der Waals surface area contributed by atoms with Gasteiger partial charge in [-0.3, -0.25) is 5.32 Å². The summed E-state index contributed by atoms with van der Waals surface area (Å²) in [7, 11) is 0. The topological polar surface area (TPSA) is 63.2 Å². The van der Waals surface area contributed by atoms with Crippen molar-refractivity contribution in [2.45, 2.75) is 12.8 Å². The zero-order chi connectivity index (χ0) is 16.0. The van der Waals surface area contributed by atoms with E-state index < -0.39 is 18.8 Å². The van der Waals surface area contributed by atoms with Crippen LogP contribution in [0.3, 0.4) is 0 Å². The molecular weight excluding hydrogens is 319 g/mol. The van der Waals surface area contributed by atoms with E-state index >= 15 is 0 Å². The van der Waals surface area contributed by atoms with Gasteiger partial charge >= 0.3 is 12.2 Å². The van der Waals surface area contributed by atoms with Crippen LogP contribution >= 0.6 is 11.3 Å². The van der Waals surface area contributed by atoms with Gasteiger partial charge in [-0.2, -0.15) is 13.2 Å². The Morgan fingerprint density at radius 1 is 1.23 bits per heavy atom. The van der Waals surface area contributed by atoms with Gasteiger partial charge in [0.25, 0.3) is 0 Å². The van der Waals surface area contributed by atoms with Crippen LogP contribution in [0.5, 0.6) is 0 Å². The number of halogens is 3. The van der Waals surface area contributed by atoms with Crippen LogP contribution in [0.1, 0.15) is 5.56 Å². The number of hydrogen-bond donors (Lipinski definition) is 2. The van der Waals surface area contributed by atoms with Gasteiger partial charge in [0.1, 0.15) is 6.61 Å². The number of hydrogen-bond acceptors (Lipinski definition) is 4. The maximum Gasteiger partial charge on any atom is 0.411 e. The molecule has 0 saturated heterocycles. The third kappa shape index (κ3) is 5.70. The van der Waals surface area contributed by atoms with Crippen molar-refractivity contribution in [1.82, 2.24) is 4.98 Å². The van der Waals surface area contributed by atoms with E-state index in [-0.39, 0.29) is 6.61 Å². The van der Waals surface area contributed by atoms with E-state index in [1.165, 1.54) is 11.3 Å². The van der Waals surface area contributed by atoms with Gasteiger partial charge in [0, 0.05) is 17.3 Å². The smallest absolute Gasteiger partial charge is 0.367 e. The molecule has 118 valence electrons. The number of rotatable bonds is 5. The highest BCUT2D eigenvalue weighted by Gasteiger charge is 2.27. The molecule has 0 spiro atoms. The maximum absolute atomic E-state index is 11.9. The van der Waals surface area contributed by atoms with Crippen LogP contribution in [0.25, 0.3) is 0 Å². The van der Waals surface area contributed by atoms with Gasteiger partial charge in [-0.15, -0.1) is 11.3 Å². The predicted octanol–water partition coefficient (Wildman–Crippen LogP) is 3.87. The van der Waals surface area contributed by atoms with Crippen molar-refractivity contribution in [3.05, 3.63) is 41.4 Å². The van der Waals surface area contributed by atoms with Gasteiger partial charge < -0.3 is 10.1 Å². The highest BCUT2D eigenvalue weighted by atomic mass is 32.1. The van der Waals surface area contributed by atoms with E-state index in [9.17, 15) is 18.0 Å². The molecule has 0 aliphatic rings. The molecule has 0 aliphatic carbocycles. The third-order valence-corrected chi connectivity index (χ3v) is 3.09. The lowest BCUT2D eigenvalue weighted by atomic mass is 10.2. The molecule has 0 fully saturated rings. The van der Waals surface area contributed by atoms with Crippen molar-refractivity contribution >= 4 is 28.2 Å². The van der Waals surface area contributed by atoms with Crippen LogP contribution in [0.4, 0.5) is 28.8 Å². The Kier molecular flexibility index (Phi) is 5.34. The quantitative estimate of drug-likeness (QED) is 0.874. The van der Waals surface area contributed by atoms with Gasteiger partial charge in [0.15, 0.2) is 5.13 Å². The predicted molar refractivity (Wildman–Crippen MR) is 76.9 cm³/mol. The monoisotopic (exact) mass is 331 g/mol. The Labute approximate surface area is 128 Å². The summed E-state index contributed by atoms with van der Waals surface area (Å²) in [5.41, 5.74) is 1.09. The highest BCUT2D eigenvalue weighted by Crippen LogP contribution is 2.17. The minimum Gasteiger partial charge on any atom is -0.367 e. The number of nitrogens with zero attached hydrogens (tertiary/aromatic N) is 1. The second-order valence-electron chi connectivity index (χ2n) is 4.22. The molecule has 0 saturated carbocycles. The number of benzene rings is 1. The summed E-state index contributed by atoms with van der Waals surface area (Å²) in [6, 6.07) is 5.86. The summed E-state index contributed by atoms with van der Waals surface area (Å²) in [5, 5.41) is 7.32. The van der Waals surface area contributed by atoms with E-state index in [0.29, 0.717) is 16.4 Å². The Balaban J connectivity index is 1.80. The number of anilines is 2. The average molecular weight is 331 g/mol. The molecule has 0 unspecified atom stereocenters. The first-order chi connectivity index (χ1) is 10.4. The first-order valence-corrected chi connectivity index (χ1v) is 7.01. The van der Waals surface area contributed by atoms with E-state index in [0.717, 1.165) is 0 Å². The fourth-order valence-electron chi connectivity index (χ4n) is 1.51. The largest absolute Gasteiger partial charge is 0.411 e. The van der Waals surface area contributed by atoms with E-state index in [4.69, 9.17) is 0 Å². The third-order valence-electron chi connectivity index (χ3n) is 2.40. The van der Waals surface area contributed by atoms with Crippen molar-refractivity contribution in [3.63, 3.8) is 0 Å². The van der Waals surface area contributed by atoms with Crippen LogP contribution < -0.4 is 10.6 Å². The van der Waals surface area contributed by atoms with Gasteiger partial charge in [0.2, 0.25) is 0 Å². The Morgan fingerprint density at radius 3 is 2.55 bits per heavy atom. The molecule has 2 rings (SSSR count). The first kappa shape index (κ1) is 16.2. The fraction of sp³-hybridized carbons (Fsp3) is 0.231. The number of ether oxygens (including phenoxy) is 1. The van der Waals surface area contributed by atoms with Crippen LogP contribution in [-0.4, -0.2) is 23.8 Å². The minimum atomic E-state index is -4.34. The molecule has 0 bridgehead atoms. The molecule has 1 heterocycles. The number of nitrogens with one attached hydrogen (secondary N) is 2. The van der Waals surface area contributed by atoms with Gasteiger partial charge in [0.05, 0.1) is 6.61 Å². The molecule has 2 aromatic rings. The van der Waals surface area contributed by atoms with E-state index in [1.54, 1.807) is 35.8 Å². The summed E-state index contributed by atoms with van der Waals surface area (Å²) in [6.07, 6.45) is -2.77. The Bertz CT molecular complexity index is 600. The summed E-state index contributed by atoms with van der Waals surface area (Å²) in [4.78, 5) is 15.5. The number of amides is 2. The molecule has 5 nitrogen and oxygen atoms in total. The van der Waals surface area contributed by atoms with Crippen molar-refractivity contribution in [1.29, 1.82) is 0 Å². The summed E-state index contributed by atoms with van der Waals surface area (Å²) >= 11 is 1.28. The zero-order valence-electron chi connectivity index (χ0n) is 11.2. The minimum absolute atomic E-state index is 0.148. The molecule has 0 radical (unpaired) electrons. The molecule has 0 atom stereocenters. The molecule has 1 aromatic heterocycles. The van der Waals surface area contributed by atoms with E-state index in [1.807, 2.05) is 0 Å². The maximum atomic E-state index is 11.9. The second-order valence-corrected chi connectivity index (χ2v) is 5.12.